The fourth-order valence-electron chi connectivity index (χ4n) is 4.31. The van der Waals surface area contributed by atoms with E-state index in [1.807, 2.05) is 42.5 Å². The lowest BCUT2D eigenvalue weighted by Gasteiger charge is -2.29. The number of piperidine rings is 1. The number of halogens is 1. The molecule has 2 aliphatic rings. The van der Waals surface area contributed by atoms with Gasteiger partial charge in [-0.05, 0) is 42.0 Å². The topological polar surface area (TPSA) is 70.2 Å². The monoisotopic (exact) mass is 387 g/mol. The van der Waals surface area contributed by atoms with Crippen LogP contribution >= 0.6 is 12.4 Å². The molecule has 2 unspecified atom stereocenters. The Morgan fingerprint density at radius 3 is 2.44 bits per heavy atom. The highest BCUT2D eigenvalue weighted by molar-refractivity contribution is 5.91. The van der Waals surface area contributed by atoms with E-state index in [1.54, 1.807) is 0 Å². The molecule has 4 rings (SSSR count). The highest BCUT2D eigenvalue weighted by Crippen LogP contribution is 2.26. The third-order valence-corrected chi connectivity index (χ3v) is 5.52. The lowest BCUT2D eigenvalue weighted by Crippen LogP contribution is -2.50. The van der Waals surface area contributed by atoms with E-state index in [9.17, 15) is 9.59 Å². The highest BCUT2D eigenvalue weighted by atomic mass is 35.5. The van der Waals surface area contributed by atoms with Crippen molar-refractivity contribution in [3.63, 3.8) is 0 Å². The summed E-state index contributed by atoms with van der Waals surface area (Å²) >= 11 is 0. The highest BCUT2D eigenvalue weighted by Gasteiger charge is 2.33. The predicted molar refractivity (Wildman–Crippen MR) is 109 cm³/mol. The van der Waals surface area contributed by atoms with Crippen LogP contribution in [0.15, 0.2) is 42.5 Å². The SMILES string of the molecule is Cl.O=C(Cc1cccc2ccccc12)NCC(=O)NC1CC2CCC(C1)N2. The summed E-state index contributed by atoms with van der Waals surface area (Å²) in [6.45, 7) is 0.0445. The van der Waals surface area contributed by atoms with Gasteiger partial charge in [0, 0.05) is 18.1 Å². The summed E-state index contributed by atoms with van der Waals surface area (Å²) in [4.78, 5) is 24.4. The van der Waals surface area contributed by atoms with Crippen molar-refractivity contribution < 1.29 is 9.59 Å². The van der Waals surface area contributed by atoms with Crippen LogP contribution in [0.25, 0.3) is 10.8 Å². The molecule has 0 saturated carbocycles. The minimum Gasteiger partial charge on any atom is -0.352 e. The molecular formula is C21H26ClN3O2. The Bertz CT molecular complexity index is 809. The summed E-state index contributed by atoms with van der Waals surface area (Å²) in [6.07, 6.45) is 4.68. The second-order valence-corrected chi connectivity index (χ2v) is 7.47. The maximum Gasteiger partial charge on any atom is 0.239 e. The molecule has 2 atom stereocenters. The van der Waals surface area contributed by atoms with Crippen LogP contribution in [0.4, 0.5) is 0 Å². The molecular weight excluding hydrogens is 362 g/mol. The van der Waals surface area contributed by atoms with Gasteiger partial charge in [-0.3, -0.25) is 9.59 Å². The molecule has 0 radical (unpaired) electrons. The number of carbonyl (C=O) groups is 2. The number of fused-ring (bicyclic) bond motifs is 3. The quantitative estimate of drug-likeness (QED) is 0.737. The van der Waals surface area contributed by atoms with Gasteiger partial charge in [-0.2, -0.15) is 0 Å². The molecule has 0 spiro atoms. The van der Waals surface area contributed by atoms with Gasteiger partial charge in [0.25, 0.3) is 0 Å². The normalized spacial score (nSPS) is 23.5. The molecule has 0 aliphatic carbocycles. The van der Waals surface area contributed by atoms with Crippen LogP contribution in [0.5, 0.6) is 0 Å². The third-order valence-electron chi connectivity index (χ3n) is 5.52. The average molecular weight is 388 g/mol. The van der Waals surface area contributed by atoms with E-state index in [2.05, 4.69) is 16.0 Å². The van der Waals surface area contributed by atoms with Crippen LogP contribution in [0.3, 0.4) is 0 Å². The Labute approximate surface area is 165 Å². The first-order valence-electron chi connectivity index (χ1n) is 9.46. The van der Waals surface area contributed by atoms with E-state index >= 15 is 0 Å². The summed E-state index contributed by atoms with van der Waals surface area (Å²) in [7, 11) is 0. The molecule has 2 aromatic carbocycles. The Hall–Kier alpha value is -2.11. The Morgan fingerprint density at radius 1 is 0.963 bits per heavy atom. The Morgan fingerprint density at radius 2 is 1.67 bits per heavy atom. The Kier molecular flexibility index (Phi) is 6.34. The second-order valence-electron chi connectivity index (χ2n) is 7.47. The number of nitrogens with one attached hydrogen (secondary N) is 3. The smallest absolute Gasteiger partial charge is 0.239 e. The van der Waals surface area contributed by atoms with Crippen LogP contribution in [0, 0.1) is 0 Å². The zero-order valence-corrected chi connectivity index (χ0v) is 16.1. The molecule has 3 N–H and O–H groups in total. The van der Waals surface area contributed by atoms with Crippen LogP contribution in [-0.2, 0) is 16.0 Å². The maximum absolute atomic E-state index is 12.3. The van der Waals surface area contributed by atoms with Crippen molar-refractivity contribution >= 4 is 35.0 Å². The molecule has 2 aromatic rings. The summed E-state index contributed by atoms with van der Waals surface area (Å²) < 4.78 is 0. The van der Waals surface area contributed by atoms with Crippen molar-refractivity contribution in [1.29, 1.82) is 0 Å². The van der Waals surface area contributed by atoms with Gasteiger partial charge in [-0.15, -0.1) is 12.4 Å². The van der Waals surface area contributed by atoms with Crippen LogP contribution in [0.2, 0.25) is 0 Å². The molecule has 2 saturated heterocycles. The van der Waals surface area contributed by atoms with Crippen molar-refractivity contribution in [3.05, 3.63) is 48.0 Å². The number of rotatable bonds is 5. The molecule has 2 bridgehead atoms. The number of hydrogen-bond acceptors (Lipinski definition) is 3. The fraction of sp³-hybridized carbons (Fsp3) is 0.429. The van der Waals surface area contributed by atoms with Crippen molar-refractivity contribution in [2.45, 2.75) is 50.2 Å². The fourth-order valence-corrected chi connectivity index (χ4v) is 4.31. The van der Waals surface area contributed by atoms with Gasteiger partial charge >= 0.3 is 0 Å². The van der Waals surface area contributed by atoms with Crippen LogP contribution in [0.1, 0.15) is 31.2 Å². The summed E-state index contributed by atoms with van der Waals surface area (Å²) in [5.41, 5.74) is 0.982. The van der Waals surface area contributed by atoms with Gasteiger partial charge in [0.1, 0.15) is 0 Å². The van der Waals surface area contributed by atoms with Gasteiger partial charge in [0.15, 0.2) is 0 Å². The molecule has 144 valence electrons. The number of carbonyl (C=O) groups excluding carboxylic acids is 2. The molecule has 0 aromatic heterocycles. The van der Waals surface area contributed by atoms with E-state index in [-0.39, 0.29) is 43.2 Å². The summed E-state index contributed by atoms with van der Waals surface area (Å²) in [5.74, 6) is -0.218. The molecule has 6 heteroatoms. The van der Waals surface area contributed by atoms with E-state index in [0.29, 0.717) is 12.1 Å². The van der Waals surface area contributed by atoms with Gasteiger partial charge in [-0.25, -0.2) is 0 Å². The average Bonchev–Trinajstić information content (AvgIpc) is 2.99. The minimum absolute atomic E-state index is 0. The van der Waals surface area contributed by atoms with Crippen LogP contribution in [-0.4, -0.2) is 36.5 Å². The van der Waals surface area contributed by atoms with Crippen molar-refractivity contribution in [2.75, 3.05) is 6.54 Å². The molecule has 2 fully saturated rings. The lowest BCUT2D eigenvalue weighted by atomic mass is 10.00. The third kappa shape index (κ3) is 4.79. The van der Waals surface area contributed by atoms with E-state index in [1.165, 1.54) is 12.8 Å². The molecule has 5 nitrogen and oxygen atoms in total. The van der Waals surface area contributed by atoms with E-state index < -0.39 is 0 Å². The van der Waals surface area contributed by atoms with E-state index in [0.717, 1.165) is 29.2 Å². The molecule has 27 heavy (non-hydrogen) atoms. The molecule has 2 aliphatic heterocycles. The van der Waals surface area contributed by atoms with Gasteiger partial charge in [-0.1, -0.05) is 42.5 Å². The number of amides is 2. The minimum atomic E-state index is -0.123. The van der Waals surface area contributed by atoms with Crippen molar-refractivity contribution in [2.24, 2.45) is 0 Å². The first-order chi connectivity index (χ1) is 12.7. The number of benzene rings is 2. The summed E-state index contributed by atoms with van der Waals surface area (Å²) in [6, 6.07) is 15.3. The van der Waals surface area contributed by atoms with Gasteiger partial charge in [0.2, 0.25) is 11.8 Å². The van der Waals surface area contributed by atoms with Crippen LogP contribution < -0.4 is 16.0 Å². The Balaban J connectivity index is 0.00000210. The van der Waals surface area contributed by atoms with E-state index in [4.69, 9.17) is 0 Å². The van der Waals surface area contributed by atoms with Gasteiger partial charge in [0.05, 0.1) is 13.0 Å². The first-order valence-corrected chi connectivity index (χ1v) is 9.46. The lowest BCUT2D eigenvalue weighted by molar-refractivity contribution is -0.126. The zero-order valence-electron chi connectivity index (χ0n) is 15.2. The standard InChI is InChI=1S/C21H25N3O2.ClH/c25-20(10-15-6-3-5-14-4-1-2-7-19(14)15)22-13-21(26)24-18-11-16-8-9-17(12-18)23-16;/h1-7,16-18,23H,8-13H2,(H,22,25)(H,24,26);1H. The number of hydrogen-bond donors (Lipinski definition) is 3. The zero-order chi connectivity index (χ0) is 17.9. The predicted octanol–water partition coefficient (Wildman–Crippen LogP) is 2.32. The summed E-state index contributed by atoms with van der Waals surface area (Å²) in [5, 5.41) is 11.6. The maximum atomic E-state index is 12.3. The van der Waals surface area contributed by atoms with Gasteiger partial charge < -0.3 is 16.0 Å². The largest absolute Gasteiger partial charge is 0.352 e. The first kappa shape index (κ1) is 19.6. The second kappa shape index (κ2) is 8.72. The molecule has 2 amide bonds. The van der Waals surface area contributed by atoms with Crippen molar-refractivity contribution in [3.8, 4) is 0 Å². The molecule has 2 heterocycles. The van der Waals surface area contributed by atoms with Crippen molar-refractivity contribution in [1.82, 2.24) is 16.0 Å².